The Kier molecular flexibility index (Phi) is 6.37. The Morgan fingerprint density at radius 2 is 1.78 bits per heavy atom. The molecule has 148 valence electrons. The summed E-state index contributed by atoms with van der Waals surface area (Å²) in [6.45, 7) is 11.7. The molecule has 1 atom stereocenters. The molecule has 0 spiro atoms. The third-order valence-electron chi connectivity index (χ3n) is 5.35. The number of rotatable bonds is 6. The lowest BCUT2D eigenvalue weighted by Gasteiger charge is -2.32. The van der Waals surface area contributed by atoms with Gasteiger partial charge in [-0.3, -0.25) is 9.59 Å². The summed E-state index contributed by atoms with van der Waals surface area (Å²) in [6, 6.07) is 7.36. The van der Waals surface area contributed by atoms with E-state index in [0.29, 0.717) is 5.56 Å². The molecular weight excluding hydrogens is 345 g/mol. The normalized spacial score (nSPS) is 18.9. The van der Waals surface area contributed by atoms with Crippen molar-refractivity contribution in [1.29, 1.82) is 0 Å². The lowest BCUT2D eigenvalue weighted by atomic mass is 9.75. The Morgan fingerprint density at radius 1 is 1.19 bits per heavy atom. The average molecular weight is 375 g/mol. The van der Waals surface area contributed by atoms with Crippen LogP contribution in [0.5, 0.6) is 0 Å². The highest BCUT2D eigenvalue weighted by Crippen LogP contribution is 2.38. The first-order valence-electron chi connectivity index (χ1n) is 9.33. The summed E-state index contributed by atoms with van der Waals surface area (Å²) in [5.74, 6) is -1.18. The molecule has 1 amide bonds. The van der Waals surface area contributed by atoms with Gasteiger partial charge in [0.05, 0.1) is 30.2 Å². The van der Waals surface area contributed by atoms with Gasteiger partial charge in [-0.1, -0.05) is 17.7 Å². The zero-order chi connectivity index (χ0) is 20.4. The van der Waals surface area contributed by atoms with Gasteiger partial charge in [-0.15, -0.1) is 0 Å². The van der Waals surface area contributed by atoms with Gasteiger partial charge in [-0.25, -0.2) is 0 Å². The predicted octanol–water partition coefficient (Wildman–Crippen LogP) is 3.02. The number of hydrogen-bond acceptors (Lipinski definition) is 5. The Morgan fingerprint density at radius 3 is 2.30 bits per heavy atom. The molecule has 0 bridgehead atoms. The summed E-state index contributed by atoms with van der Waals surface area (Å²) in [7, 11) is 0.942. The largest absolute Gasteiger partial charge is 0.482 e. The maximum Gasteiger partial charge on any atom is 0.482 e. The minimum absolute atomic E-state index is 0.00127. The number of carbonyl (C=O) groups excluding carboxylic acids is 2. The molecule has 2 rings (SSSR count). The summed E-state index contributed by atoms with van der Waals surface area (Å²) in [5.41, 5.74) is 0.435. The fourth-order valence-electron chi connectivity index (χ4n) is 2.98. The van der Waals surface area contributed by atoms with Crippen molar-refractivity contribution in [3.8, 4) is 0 Å². The van der Waals surface area contributed by atoms with Crippen LogP contribution in [0.15, 0.2) is 24.3 Å². The van der Waals surface area contributed by atoms with Crippen molar-refractivity contribution in [3.63, 3.8) is 0 Å². The minimum atomic E-state index is -0.724. The molecule has 6 nitrogen and oxygen atoms in total. The molecule has 1 aliphatic heterocycles. The number of esters is 1. The van der Waals surface area contributed by atoms with E-state index in [0.717, 1.165) is 5.56 Å². The maximum absolute atomic E-state index is 13.0. The molecule has 0 radical (unpaired) electrons. The second kappa shape index (κ2) is 8.03. The van der Waals surface area contributed by atoms with Crippen molar-refractivity contribution < 1.29 is 23.6 Å². The molecule has 27 heavy (non-hydrogen) atoms. The summed E-state index contributed by atoms with van der Waals surface area (Å²) >= 11 is 0. The third-order valence-corrected chi connectivity index (χ3v) is 5.35. The lowest BCUT2D eigenvalue weighted by molar-refractivity contribution is -0.143. The van der Waals surface area contributed by atoms with E-state index in [1.54, 1.807) is 20.0 Å². The summed E-state index contributed by atoms with van der Waals surface area (Å²) in [4.78, 5) is 26.7. The number of ether oxygens (including phenoxy) is 1. The smallest absolute Gasteiger partial charge is 0.466 e. The predicted molar refractivity (Wildman–Crippen MR) is 104 cm³/mol. The highest BCUT2D eigenvalue weighted by molar-refractivity contribution is 6.48. The van der Waals surface area contributed by atoms with E-state index in [4.69, 9.17) is 14.0 Å². The molecule has 0 aliphatic carbocycles. The fraction of sp³-hybridized carbons (Fsp3) is 0.600. The van der Waals surface area contributed by atoms with Gasteiger partial charge in [0.15, 0.2) is 0 Å². The molecule has 1 aliphatic rings. The highest BCUT2D eigenvalue weighted by atomic mass is 16.7. The molecule has 0 unspecified atom stereocenters. The minimum Gasteiger partial charge on any atom is -0.466 e. The first-order valence-corrected chi connectivity index (χ1v) is 9.33. The van der Waals surface area contributed by atoms with Crippen molar-refractivity contribution in [2.24, 2.45) is 0 Å². The fourth-order valence-corrected chi connectivity index (χ4v) is 2.98. The Labute approximate surface area is 162 Å². The number of carbonyl (C=O) groups is 2. The van der Waals surface area contributed by atoms with E-state index in [9.17, 15) is 9.59 Å². The molecule has 0 saturated carbocycles. The van der Waals surface area contributed by atoms with Crippen LogP contribution in [0.1, 0.15) is 57.0 Å². The van der Waals surface area contributed by atoms with Gasteiger partial charge in [0.2, 0.25) is 0 Å². The van der Waals surface area contributed by atoms with E-state index >= 15 is 0 Å². The quantitative estimate of drug-likeness (QED) is 0.565. The molecular formula is C20H30BNO5. The topological polar surface area (TPSA) is 65.1 Å². The van der Waals surface area contributed by atoms with E-state index < -0.39 is 24.3 Å². The van der Waals surface area contributed by atoms with Crippen molar-refractivity contribution in [3.05, 3.63) is 35.4 Å². The number of nitrogens with zero attached hydrogens (tertiary/aromatic N) is 1. The van der Waals surface area contributed by atoms with Crippen LogP contribution in [0.4, 0.5) is 0 Å². The van der Waals surface area contributed by atoms with Gasteiger partial charge in [0.25, 0.3) is 5.91 Å². The van der Waals surface area contributed by atoms with Crippen molar-refractivity contribution >= 4 is 19.0 Å². The van der Waals surface area contributed by atoms with Crippen molar-refractivity contribution in [1.82, 2.24) is 4.90 Å². The number of hydrogen-bond donors (Lipinski definition) is 0. The second-order valence-electron chi connectivity index (χ2n) is 7.99. The van der Waals surface area contributed by atoms with Crippen molar-refractivity contribution in [2.45, 2.75) is 65.1 Å². The van der Waals surface area contributed by atoms with Crippen molar-refractivity contribution in [2.75, 3.05) is 13.7 Å². The number of aryl methyl sites for hydroxylation is 1. The monoisotopic (exact) mass is 375 g/mol. The Balaban J connectivity index is 2.29. The molecule has 1 fully saturated rings. The molecule has 0 N–H and O–H groups in total. The van der Waals surface area contributed by atoms with Gasteiger partial charge >= 0.3 is 13.1 Å². The number of amides is 1. The molecule has 0 aromatic heterocycles. The van der Waals surface area contributed by atoms with Gasteiger partial charge < -0.3 is 18.9 Å². The van der Waals surface area contributed by atoms with Gasteiger partial charge in [0.1, 0.15) is 0 Å². The van der Waals surface area contributed by atoms with E-state index in [2.05, 4.69) is 0 Å². The number of benzene rings is 1. The highest BCUT2D eigenvalue weighted by Gasteiger charge is 2.55. The van der Waals surface area contributed by atoms with Crippen LogP contribution in [0.2, 0.25) is 0 Å². The van der Waals surface area contributed by atoms with E-state index in [1.807, 2.05) is 52.8 Å². The molecule has 7 heteroatoms. The van der Waals surface area contributed by atoms with Crippen LogP contribution >= 0.6 is 0 Å². The first kappa shape index (κ1) is 21.4. The summed E-state index contributed by atoms with van der Waals surface area (Å²) < 4.78 is 17.3. The van der Waals surface area contributed by atoms with Gasteiger partial charge in [-0.05, 0) is 53.7 Å². The van der Waals surface area contributed by atoms with Gasteiger partial charge in [0, 0.05) is 12.6 Å². The molecule has 1 aromatic rings. The van der Waals surface area contributed by atoms with Crippen LogP contribution in [-0.2, 0) is 18.8 Å². The summed E-state index contributed by atoms with van der Waals surface area (Å²) in [6.07, 6.45) is -0.00127. The Hall–Kier alpha value is -1.86. The van der Waals surface area contributed by atoms with Gasteiger partial charge in [-0.2, -0.15) is 0 Å². The third kappa shape index (κ3) is 4.71. The Bertz CT molecular complexity index is 687. The van der Waals surface area contributed by atoms with Crippen LogP contribution in [-0.4, -0.2) is 54.7 Å². The van der Waals surface area contributed by atoms with Crippen LogP contribution < -0.4 is 0 Å². The second-order valence-corrected chi connectivity index (χ2v) is 7.99. The van der Waals surface area contributed by atoms with Crippen LogP contribution in [0.3, 0.4) is 0 Å². The first-order chi connectivity index (χ1) is 12.5. The SMILES string of the molecule is CCOC(=O)C[C@@H](B1OC(C)(C)C(C)(C)O1)N(C)C(=O)c1cccc(C)c1. The summed E-state index contributed by atoms with van der Waals surface area (Å²) in [5, 5.41) is 0. The molecule has 1 heterocycles. The van der Waals surface area contributed by atoms with E-state index in [-0.39, 0.29) is 24.9 Å². The van der Waals surface area contributed by atoms with Crippen LogP contribution in [0.25, 0.3) is 0 Å². The standard InChI is InChI=1S/C20H30BNO5/c1-8-25-17(23)13-16(21-26-19(3,4)20(5,6)27-21)22(7)18(24)15-11-9-10-14(2)12-15/h9-12,16H,8,13H2,1-7H3/t16-/m0/s1. The molecule has 1 aromatic carbocycles. The maximum atomic E-state index is 13.0. The average Bonchev–Trinajstić information content (AvgIpc) is 2.79. The van der Waals surface area contributed by atoms with E-state index in [1.165, 1.54) is 4.90 Å². The van der Waals surface area contributed by atoms with Crippen LogP contribution in [0, 0.1) is 6.92 Å². The zero-order valence-corrected chi connectivity index (χ0v) is 17.4. The zero-order valence-electron chi connectivity index (χ0n) is 17.4. The lowest BCUT2D eigenvalue weighted by Crippen LogP contribution is -2.50. The molecule has 1 saturated heterocycles.